The van der Waals surface area contributed by atoms with Crippen molar-refractivity contribution in [1.82, 2.24) is 15.5 Å². The van der Waals surface area contributed by atoms with Crippen LogP contribution in [0, 0.1) is 6.92 Å². The van der Waals surface area contributed by atoms with Gasteiger partial charge in [-0.2, -0.15) is 0 Å². The number of nitrogens with zero attached hydrogens (tertiary/aromatic N) is 4. The molecule has 0 spiro atoms. The molecular formula is C24H25N5O4. The van der Waals surface area contributed by atoms with Gasteiger partial charge in [-0.15, -0.1) is 0 Å². The molecule has 0 unspecified atom stereocenters. The summed E-state index contributed by atoms with van der Waals surface area (Å²) in [5.41, 5.74) is 5.01. The molecule has 2 heterocycles. The Bertz CT molecular complexity index is 1100. The summed E-state index contributed by atoms with van der Waals surface area (Å²) in [6.07, 6.45) is 1.29. The number of aryl methyl sites for hydroxylation is 1. The lowest BCUT2D eigenvalue weighted by molar-refractivity contribution is -0.142. The second kappa shape index (κ2) is 9.66. The van der Waals surface area contributed by atoms with E-state index in [1.165, 1.54) is 16.6 Å². The maximum atomic E-state index is 13.3. The summed E-state index contributed by atoms with van der Waals surface area (Å²) in [6.45, 7) is 4.27. The Morgan fingerprint density at radius 2 is 1.67 bits per heavy atom. The molecule has 0 saturated carbocycles. The number of nitrogens with one attached hydrogen (secondary N) is 1. The van der Waals surface area contributed by atoms with Crippen LogP contribution in [0.1, 0.15) is 15.9 Å². The van der Waals surface area contributed by atoms with Crippen molar-refractivity contribution in [2.45, 2.75) is 6.92 Å². The number of rotatable bonds is 4. The van der Waals surface area contributed by atoms with Crippen LogP contribution in [0.15, 0.2) is 71.4 Å². The molecule has 2 aromatic rings. The molecule has 9 heteroatoms. The van der Waals surface area contributed by atoms with Crippen molar-refractivity contribution >= 4 is 29.2 Å². The lowest BCUT2D eigenvalue weighted by atomic mass is 10.1. The van der Waals surface area contributed by atoms with Gasteiger partial charge >= 0.3 is 5.97 Å². The lowest BCUT2D eigenvalue weighted by Gasteiger charge is -2.36. The Labute approximate surface area is 191 Å². The van der Waals surface area contributed by atoms with Crippen LogP contribution in [-0.4, -0.2) is 66.6 Å². The second-order valence-corrected chi connectivity index (χ2v) is 7.85. The summed E-state index contributed by atoms with van der Waals surface area (Å²) in [5, 5.41) is 1.33. The topological polar surface area (TPSA) is 94.6 Å². The summed E-state index contributed by atoms with van der Waals surface area (Å²) in [4.78, 5) is 50.8. The Morgan fingerprint density at radius 3 is 2.27 bits per heavy atom. The Kier molecular flexibility index (Phi) is 6.50. The van der Waals surface area contributed by atoms with Gasteiger partial charge in [-0.1, -0.05) is 41.5 Å². The van der Waals surface area contributed by atoms with Crippen molar-refractivity contribution in [2.75, 3.05) is 38.1 Å². The third kappa shape index (κ3) is 5.09. The number of aliphatic imine (C=N–C) groups is 1. The molecule has 1 N–H and O–H groups in total. The maximum absolute atomic E-state index is 13.3. The number of anilines is 1. The molecule has 0 aromatic heterocycles. The number of hydrazine groups is 1. The van der Waals surface area contributed by atoms with Crippen molar-refractivity contribution in [1.29, 1.82) is 0 Å². The molecule has 0 bridgehead atoms. The van der Waals surface area contributed by atoms with E-state index in [0.29, 0.717) is 31.7 Å². The number of amides is 2. The number of likely N-dealkylation sites (N-methyl/N-ethyl adjacent to an activating group) is 1. The Morgan fingerprint density at radius 1 is 1.00 bits per heavy atom. The highest BCUT2D eigenvalue weighted by atomic mass is 16.7. The number of hydrogen-bond acceptors (Lipinski definition) is 7. The SMILES string of the molecule is Cc1ccc(N2CCN(C(=O)C(/C=C3/C(=O)ONN3C)=NC(=O)c3ccccc3)CC2)cc1. The Hall–Kier alpha value is -3.98. The zero-order valence-corrected chi connectivity index (χ0v) is 18.5. The molecule has 170 valence electrons. The van der Waals surface area contributed by atoms with Crippen LogP contribution < -0.4 is 10.5 Å². The van der Waals surface area contributed by atoms with Crippen LogP contribution in [-0.2, 0) is 14.4 Å². The first kappa shape index (κ1) is 22.2. The minimum absolute atomic E-state index is 0.0845. The molecule has 9 nitrogen and oxygen atoms in total. The molecule has 2 fully saturated rings. The molecular weight excluding hydrogens is 422 g/mol. The van der Waals surface area contributed by atoms with E-state index in [0.717, 1.165) is 5.69 Å². The molecule has 0 atom stereocenters. The van der Waals surface area contributed by atoms with Gasteiger partial charge in [-0.3, -0.25) is 14.6 Å². The van der Waals surface area contributed by atoms with Crippen LogP contribution in [0.4, 0.5) is 5.69 Å². The van der Waals surface area contributed by atoms with Crippen LogP contribution in [0.3, 0.4) is 0 Å². The van der Waals surface area contributed by atoms with Crippen molar-refractivity contribution in [3.63, 3.8) is 0 Å². The molecule has 2 amide bonds. The van der Waals surface area contributed by atoms with E-state index in [-0.39, 0.29) is 11.4 Å². The highest BCUT2D eigenvalue weighted by Crippen LogP contribution is 2.18. The quantitative estimate of drug-likeness (QED) is 0.563. The average molecular weight is 447 g/mol. The predicted molar refractivity (Wildman–Crippen MR) is 123 cm³/mol. The van der Waals surface area contributed by atoms with Crippen molar-refractivity contribution < 1.29 is 19.2 Å². The first-order valence-corrected chi connectivity index (χ1v) is 10.6. The minimum atomic E-state index is -0.658. The molecule has 4 rings (SSSR count). The molecule has 2 aliphatic rings. The van der Waals surface area contributed by atoms with Gasteiger partial charge in [-0.05, 0) is 31.2 Å². The standard InChI is InChI=1S/C24H25N5O4/c1-17-8-10-19(11-9-17)28-12-14-29(15-13-28)23(31)20(16-21-24(32)33-26-27(21)2)25-22(30)18-6-4-3-5-7-18/h3-11,16,26H,12-15H2,1-2H3/b21-16-,25-20?. The summed E-state index contributed by atoms with van der Waals surface area (Å²) in [6, 6.07) is 16.7. The molecule has 0 radical (unpaired) electrons. The minimum Gasteiger partial charge on any atom is -0.368 e. The number of hydrogen-bond donors (Lipinski definition) is 1. The van der Waals surface area contributed by atoms with E-state index >= 15 is 0 Å². The van der Waals surface area contributed by atoms with Gasteiger partial charge in [0.15, 0.2) is 0 Å². The zero-order valence-electron chi connectivity index (χ0n) is 18.5. The van der Waals surface area contributed by atoms with E-state index in [9.17, 15) is 14.4 Å². The average Bonchev–Trinajstić information content (AvgIpc) is 3.16. The lowest BCUT2D eigenvalue weighted by Crippen LogP contribution is -2.50. The van der Waals surface area contributed by atoms with Crippen LogP contribution >= 0.6 is 0 Å². The fourth-order valence-electron chi connectivity index (χ4n) is 3.62. The van der Waals surface area contributed by atoms with Crippen molar-refractivity contribution in [3.8, 4) is 0 Å². The normalized spacial score (nSPS) is 18.0. The second-order valence-electron chi connectivity index (χ2n) is 7.85. The monoisotopic (exact) mass is 447 g/mol. The number of carbonyl (C=O) groups is 3. The Balaban J connectivity index is 1.55. The summed E-state index contributed by atoms with van der Waals surface area (Å²) >= 11 is 0. The van der Waals surface area contributed by atoms with Crippen molar-refractivity contribution in [3.05, 3.63) is 77.5 Å². The van der Waals surface area contributed by atoms with Gasteiger partial charge in [-0.25, -0.2) is 9.79 Å². The predicted octanol–water partition coefficient (Wildman–Crippen LogP) is 1.72. The first-order chi connectivity index (χ1) is 15.9. The molecule has 2 saturated heterocycles. The molecule has 2 aromatic carbocycles. The van der Waals surface area contributed by atoms with Gasteiger partial charge in [0.05, 0.1) is 0 Å². The van der Waals surface area contributed by atoms with E-state index in [1.54, 1.807) is 42.3 Å². The summed E-state index contributed by atoms with van der Waals surface area (Å²) in [7, 11) is 1.57. The van der Waals surface area contributed by atoms with Crippen LogP contribution in [0.25, 0.3) is 0 Å². The molecule has 2 aliphatic heterocycles. The van der Waals surface area contributed by atoms with Crippen molar-refractivity contribution in [2.24, 2.45) is 4.99 Å². The van der Waals surface area contributed by atoms with Gasteiger partial charge in [0.2, 0.25) is 0 Å². The third-order valence-electron chi connectivity index (χ3n) is 5.55. The fourth-order valence-corrected chi connectivity index (χ4v) is 3.62. The largest absolute Gasteiger partial charge is 0.376 e. The van der Waals surface area contributed by atoms with Crippen LogP contribution in [0.2, 0.25) is 0 Å². The smallest absolute Gasteiger partial charge is 0.368 e. The number of carbonyl (C=O) groups excluding carboxylic acids is 3. The van der Waals surface area contributed by atoms with E-state index < -0.39 is 17.8 Å². The third-order valence-corrected chi connectivity index (χ3v) is 5.55. The number of benzene rings is 2. The van der Waals surface area contributed by atoms with E-state index in [2.05, 4.69) is 39.7 Å². The molecule has 0 aliphatic carbocycles. The summed E-state index contributed by atoms with van der Waals surface area (Å²) < 4.78 is 0. The van der Waals surface area contributed by atoms with Gasteiger partial charge in [0, 0.05) is 50.6 Å². The van der Waals surface area contributed by atoms with E-state index in [1.807, 2.05) is 6.92 Å². The van der Waals surface area contributed by atoms with Gasteiger partial charge < -0.3 is 14.6 Å². The van der Waals surface area contributed by atoms with Gasteiger partial charge in [0.1, 0.15) is 11.4 Å². The maximum Gasteiger partial charge on any atom is 0.376 e. The highest BCUT2D eigenvalue weighted by Gasteiger charge is 2.29. The number of piperazine rings is 1. The fraction of sp³-hybridized carbons (Fsp3) is 0.250. The molecule has 33 heavy (non-hydrogen) atoms. The van der Waals surface area contributed by atoms with Crippen LogP contribution in [0.5, 0.6) is 0 Å². The highest BCUT2D eigenvalue weighted by molar-refractivity contribution is 6.45. The first-order valence-electron chi connectivity index (χ1n) is 10.6. The van der Waals surface area contributed by atoms with Gasteiger partial charge in [0.25, 0.3) is 11.8 Å². The zero-order chi connectivity index (χ0) is 23.4. The van der Waals surface area contributed by atoms with E-state index in [4.69, 9.17) is 4.84 Å². The summed E-state index contributed by atoms with van der Waals surface area (Å²) in [5.74, 6) is -1.63.